The van der Waals surface area contributed by atoms with E-state index in [2.05, 4.69) is 48.5 Å². The van der Waals surface area contributed by atoms with Gasteiger partial charge < -0.3 is 20.4 Å². The molecule has 1 saturated heterocycles. The zero-order valence-corrected chi connectivity index (χ0v) is 23.1. The van der Waals surface area contributed by atoms with Crippen molar-refractivity contribution < 1.29 is 9.59 Å². The highest BCUT2D eigenvalue weighted by Gasteiger charge is 2.20. The van der Waals surface area contributed by atoms with Gasteiger partial charge in [-0.3, -0.25) is 14.6 Å². The summed E-state index contributed by atoms with van der Waals surface area (Å²) in [7, 11) is 1.64. The van der Waals surface area contributed by atoms with E-state index in [1.807, 2.05) is 41.4 Å². The second kappa shape index (κ2) is 12.1. The second-order valence-electron chi connectivity index (χ2n) is 9.98. The molecule has 1 aliphatic heterocycles. The third kappa shape index (κ3) is 5.85. The van der Waals surface area contributed by atoms with Crippen LogP contribution in [0.4, 0.5) is 11.6 Å². The van der Waals surface area contributed by atoms with E-state index in [0.29, 0.717) is 25.2 Å². The number of benzene rings is 1. The lowest BCUT2D eigenvalue weighted by molar-refractivity contribution is -0.129. The number of hydrogen-bond acceptors (Lipinski definition) is 8. The predicted octanol–water partition coefficient (Wildman–Crippen LogP) is 3.72. The third-order valence-electron chi connectivity index (χ3n) is 7.45. The van der Waals surface area contributed by atoms with Crippen LogP contribution < -0.4 is 15.5 Å². The van der Waals surface area contributed by atoms with Gasteiger partial charge >= 0.3 is 0 Å². The zero-order valence-electron chi connectivity index (χ0n) is 23.1. The van der Waals surface area contributed by atoms with Crippen molar-refractivity contribution in [2.45, 2.75) is 26.2 Å². The second-order valence-corrected chi connectivity index (χ2v) is 9.98. The topological polar surface area (TPSA) is 116 Å². The number of rotatable bonds is 8. The van der Waals surface area contributed by atoms with Crippen LogP contribution in [0.25, 0.3) is 22.2 Å². The quantitative estimate of drug-likeness (QED) is 0.349. The highest BCUT2D eigenvalue weighted by Crippen LogP contribution is 2.28. The summed E-state index contributed by atoms with van der Waals surface area (Å²) in [5, 5.41) is 6.99. The molecule has 0 saturated carbocycles. The van der Waals surface area contributed by atoms with E-state index < -0.39 is 0 Å². The Balaban J connectivity index is 1.21. The first-order valence-electron chi connectivity index (χ1n) is 13.6. The van der Waals surface area contributed by atoms with Gasteiger partial charge in [-0.1, -0.05) is 25.1 Å². The molecule has 10 heteroatoms. The van der Waals surface area contributed by atoms with Crippen molar-refractivity contribution in [3.63, 3.8) is 0 Å². The Morgan fingerprint density at radius 1 is 1.00 bits per heavy atom. The number of amides is 2. The van der Waals surface area contributed by atoms with Crippen molar-refractivity contribution in [1.29, 1.82) is 0 Å². The lowest BCUT2D eigenvalue weighted by atomic mass is 9.94. The number of aromatic nitrogens is 4. The minimum atomic E-state index is -0.115. The van der Waals surface area contributed by atoms with Crippen LogP contribution in [0.3, 0.4) is 0 Å². The summed E-state index contributed by atoms with van der Waals surface area (Å²) in [6.45, 7) is 7.47. The lowest BCUT2D eigenvalue weighted by Crippen LogP contribution is -2.48. The van der Waals surface area contributed by atoms with Crippen molar-refractivity contribution in [1.82, 2.24) is 30.2 Å². The summed E-state index contributed by atoms with van der Waals surface area (Å²) < 4.78 is 0. The fourth-order valence-corrected chi connectivity index (χ4v) is 5.09. The first-order valence-corrected chi connectivity index (χ1v) is 13.6. The number of carbonyl (C=O) groups is 2. The Morgan fingerprint density at radius 2 is 1.82 bits per heavy atom. The SMILES string of the molecule is CNC(=O)c1ccnc2c(C(C)CCNc3cc(-c4ccc(N5CCN(C(C)=O)CC5)nc4)ncn3)cccc12. The Morgan fingerprint density at radius 3 is 2.55 bits per heavy atom. The molecule has 4 heterocycles. The third-order valence-corrected chi connectivity index (χ3v) is 7.45. The minimum Gasteiger partial charge on any atom is -0.370 e. The van der Waals surface area contributed by atoms with E-state index in [1.165, 1.54) is 0 Å². The number of hydrogen-bond donors (Lipinski definition) is 2. The van der Waals surface area contributed by atoms with Gasteiger partial charge in [0.05, 0.1) is 16.8 Å². The molecule has 0 radical (unpaired) electrons. The van der Waals surface area contributed by atoms with Crippen LogP contribution in [0.15, 0.2) is 61.2 Å². The Kier molecular flexibility index (Phi) is 8.14. The standard InChI is InChI=1S/C30H34N8O2/c1-20(23-5-4-6-24-25(30(40)31-3)10-12-33-29(23)24)9-11-32-27-17-26(35-19-36-27)22-7-8-28(34-18-22)38-15-13-37(14-16-38)21(2)39/h4-8,10,12,17-20H,9,11,13-16H2,1-3H3,(H,31,40)(H,32,35,36). The summed E-state index contributed by atoms with van der Waals surface area (Å²) in [4.78, 5) is 46.0. The lowest BCUT2D eigenvalue weighted by Gasteiger charge is -2.34. The van der Waals surface area contributed by atoms with Crippen LogP contribution in [0, 0.1) is 0 Å². The molecule has 1 aromatic carbocycles. The van der Waals surface area contributed by atoms with Gasteiger partial charge in [0.2, 0.25) is 5.91 Å². The van der Waals surface area contributed by atoms with Gasteiger partial charge in [0.15, 0.2) is 0 Å². The number of pyridine rings is 2. The molecule has 3 aromatic heterocycles. The van der Waals surface area contributed by atoms with E-state index in [-0.39, 0.29) is 17.7 Å². The van der Waals surface area contributed by atoms with Crippen molar-refractivity contribution >= 4 is 34.4 Å². The Bertz CT molecular complexity index is 1500. The van der Waals surface area contributed by atoms with Crippen LogP contribution in [0.2, 0.25) is 0 Å². The molecular formula is C30H34N8O2. The van der Waals surface area contributed by atoms with Crippen molar-refractivity contribution in [2.75, 3.05) is 50.0 Å². The zero-order chi connectivity index (χ0) is 28.1. The largest absolute Gasteiger partial charge is 0.370 e. The Labute approximate surface area is 233 Å². The van der Waals surface area contributed by atoms with Crippen molar-refractivity contribution in [2.24, 2.45) is 0 Å². The Hall–Kier alpha value is -4.60. The van der Waals surface area contributed by atoms with E-state index in [9.17, 15) is 9.59 Å². The maximum absolute atomic E-state index is 12.3. The average molecular weight is 539 g/mol. The number of carbonyl (C=O) groups excluding carboxylic acids is 2. The van der Waals surface area contributed by atoms with Gasteiger partial charge in [-0.15, -0.1) is 0 Å². The highest BCUT2D eigenvalue weighted by molar-refractivity contribution is 6.06. The van der Waals surface area contributed by atoms with Crippen LogP contribution in [0.1, 0.15) is 42.1 Å². The molecule has 1 atom stereocenters. The molecule has 0 spiro atoms. The molecule has 0 bridgehead atoms. The first-order chi connectivity index (χ1) is 19.4. The molecular weight excluding hydrogens is 504 g/mol. The fraction of sp³-hybridized carbons (Fsp3) is 0.333. The number of fused-ring (bicyclic) bond motifs is 1. The molecule has 10 nitrogen and oxygen atoms in total. The molecule has 1 fully saturated rings. The molecule has 2 N–H and O–H groups in total. The molecule has 40 heavy (non-hydrogen) atoms. The number of nitrogens with one attached hydrogen (secondary N) is 2. The van der Waals surface area contributed by atoms with Crippen LogP contribution in [-0.4, -0.2) is 76.4 Å². The summed E-state index contributed by atoms with van der Waals surface area (Å²) in [5.74, 6) is 1.88. The number of piperazine rings is 1. The van der Waals surface area contributed by atoms with Gasteiger partial charge in [-0.05, 0) is 36.1 Å². The molecule has 2 amide bonds. The number of nitrogens with zero attached hydrogens (tertiary/aromatic N) is 6. The molecule has 4 aromatic rings. The smallest absolute Gasteiger partial charge is 0.251 e. The normalized spacial score (nSPS) is 14.2. The van der Waals surface area contributed by atoms with Crippen molar-refractivity contribution in [3.05, 3.63) is 72.3 Å². The first kappa shape index (κ1) is 27.0. The van der Waals surface area contributed by atoms with Crippen LogP contribution >= 0.6 is 0 Å². The summed E-state index contributed by atoms with van der Waals surface area (Å²) in [6.07, 6.45) is 5.95. The molecule has 0 aliphatic carbocycles. The van der Waals surface area contributed by atoms with E-state index in [4.69, 9.17) is 0 Å². The summed E-state index contributed by atoms with van der Waals surface area (Å²) in [5.41, 5.74) is 4.32. The van der Waals surface area contributed by atoms with Gasteiger partial charge in [-0.25, -0.2) is 15.0 Å². The minimum absolute atomic E-state index is 0.115. The molecule has 206 valence electrons. The molecule has 1 unspecified atom stereocenters. The van der Waals surface area contributed by atoms with Crippen LogP contribution in [-0.2, 0) is 4.79 Å². The van der Waals surface area contributed by atoms with Crippen molar-refractivity contribution in [3.8, 4) is 11.3 Å². The van der Waals surface area contributed by atoms with E-state index in [0.717, 1.165) is 58.9 Å². The van der Waals surface area contributed by atoms with Crippen LogP contribution in [0.5, 0.6) is 0 Å². The van der Waals surface area contributed by atoms with Gasteiger partial charge in [0, 0.05) is 76.1 Å². The predicted molar refractivity (Wildman–Crippen MR) is 156 cm³/mol. The highest BCUT2D eigenvalue weighted by atomic mass is 16.2. The van der Waals surface area contributed by atoms with Gasteiger partial charge in [-0.2, -0.15) is 0 Å². The molecule has 1 aliphatic rings. The maximum atomic E-state index is 12.3. The van der Waals surface area contributed by atoms with E-state index >= 15 is 0 Å². The molecule has 5 rings (SSSR count). The van der Waals surface area contributed by atoms with E-state index in [1.54, 1.807) is 32.6 Å². The monoisotopic (exact) mass is 538 g/mol. The van der Waals surface area contributed by atoms with Gasteiger partial charge in [0.1, 0.15) is 18.0 Å². The van der Waals surface area contributed by atoms with Gasteiger partial charge in [0.25, 0.3) is 5.91 Å². The average Bonchev–Trinajstić information content (AvgIpc) is 3.00. The number of anilines is 2. The fourth-order valence-electron chi connectivity index (χ4n) is 5.09. The number of para-hydroxylation sites is 1. The maximum Gasteiger partial charge on any atom is 0.251 e. The summed E-state index contributed by atoms with van der Waals surface area (Å²) >= 11 is 0. The summed E-state index contributed by atoms with van der Waals surface area (Å²) in [6, 6.07) is 13.7.